The molecule has 17 heavy (non-hydrogen) atoms. The van der Waals surface area contributed by atoms with Crippen LogP contribution in [0.4, 0.5) is 0 Å². The minimum absolute atomic E-state index is 0.107. The highest BCUT2D eigenvalue weighted by molar-refractivity contribution is 5.54. The maximum absolute atomic E-state index is 5.80. The molecule has 0 saturated heterocycles. The minimum atomic E-state index is 0.107. The van der Waals surface area contributed by atoms with Gasteiger partial charge in [-0.3, -0.25) is 0 Å². The lowest BCUT2D eigenvalue weighted by Crippen LogP contribution is -2.15. The average molecular weight is 233 g/mol. The van der Waals surface area contributed by atoms with Crippen molar-refractivity contribution in [3.63, 3.8) is 0 Å². The Morgan fingerprint density at radius 3 is 2.53 bits per heavy atom. The lowest BCUT2D eigenvalue weighted by atomic mass is 10.1. The standard InChI is InChI=1S/C15H23NO/c1-4-5-10-17-15-8-6-14(7-9-15)11-12(2)13(3)16/h6-9,11,13H,4-5,10,16H2,1-3H3/b12-11-. The van der Waals surface area contributed by atoms with Crippen molar-refractivity contribution in [2.45, 2.75) is 39.7 Å². The molecule has 2 nitrogen and oxygen atoms in total. The van der Waals surface area contributed by atoms with E-state index in [1.54, 1.807) is 0 Å². The summed E-state index contributed by atoms with van der Waals surface area (Å²) < 4.78 is 5.61. The summed E-state index contributed by atoms with van der Waals surface area (Å²) in [6.45, 7) is 7.00. The van der Waals surface area contributed by atoms with E-state index < -0.39 is 0 Å². The van der Waals surface area contributed by atoms with Gasteiger partial charge in [0, 0.05) is 6.04 Å². The van der Waals surface area contributed by atoms with Crippen LogP contribution in [0.1, 0.15) is 39.2 Å². The Morgan fingerprint density at radius 2 is 2.00 bits per heavy atom. The SMILES string of the molecule is CCCCOc1ccc(/C=C(/C)C(C)N)cc1. The molecule has 0 amide bonds. The zero-order valence-electron chi connectivity index (χ0n) is 11.1. The fourth-order valence-electron chi connectivity index (χ4n) is 1.39. The van der Waals surface area contributed by atoms with Crippen molar-refractivity contribution in [1.82, 2.24) is 0 Å². The third-order valence-corrected chi connectivity index (χ3v) is 2.76. The van der Waals surface area contributed by atoms with Gasteiger partial charge in [-0.2, -0.15) is 0 Å². The highest BCUT2D eigenvalue weighted by Crippen LogP contribution is 2.15. The van der Waals surface area contributed by atoms with Crippen LogP contribution < -0.4 is 10.5 Å². The predicted octanol–water partition coefficient (Wildman–Crippen LogP) is 3.62. The quantitative estimate of drug-likeness (QED) is 0.762. The van der Waals surface area contributed by atoms with Crippen LogP contribution in [0, 0.1) is 0 Å². The van der Waals surface area contributed by atoms with Gasteiger partial charge in [0.1, 0.15) is 5.75 Å². The number of hydrogen-bond acceptors (Lipinski definition) is 2. The van der Waals surface area contributed by atoms with Gasteiger partial charge in [0.2, 0.25) is 0 Å². The van der Waals surface area contributed by atoms with E-state index in [9.17, 15) is 0 Å². The molecule has 0 aliphatic rings. The van der Waals surface area contributed by atoms with Gasteiger partial charge in [-0.1, -0.05) is 37.1 Å². The summed E-state index contributed by atoms with van der Waals surface area (Å²) in [6.07, 6.45) is 4.38. The number of unbranched alkanes of at least 4 members (excludes halogenated alkanes) is 1. The van der Waals surface area contributed by atoms with Gasteiger partial charge in [-0.05, 0) is 38.0 Å². The Kier molecular flexibility index (Phi) is 5.78. The lowest BCUT2D eigenvalue weighted by molar-refractivity contribution is 0.309. The van der Waals surface area contributed by atoms with Crippen LogP contribution in [0.25, 0.3) is 6.08 Å². The molecule has 94 valence electrons. The Balaban J connectivity index is 2.59. The van der Waals surface area contributed by atoms with Crippen LogP contribution in [-0.2, 0) is 0 Å². The topological polar surface area (TPSA) is 35.2 Å². The molecule has 1 aromatic carbocycles. The maximum Gasteiger partial charge on any atom is 0.119 e. The van der Waals surface area contributed by atoms with Crippen LogP contribution in [-0.4, -0.2) is 12.6 Å². The van der Waals surface area contributed by atoms with E-state index in [4.69, 9.17) is 10.5 Å². The van der Waals surface area contributed by atoms with E-state index in [1.165, 1.54) is 11.1 Å². The average Bonchev–Trinajstić information content (AvgIpc) is 2.31. The van der Waals surface area contributed by atoms with Crippen LogP contribution in [0.5, 0.6) is 5.75 Å². The van der Waals surface area contributed by atoms with E-state index in [1.807, 2.05) is 19.1 Å². The van der Waals surface area contributed by atoms with Crippen LogP contribution in [0.3, 0.4) is 0 Å². The summed E-state index contributed by atoms with van der Waals surface area (Å²) in [6, 6.07) is 8.25. The minimum Gasteiger partial charge on any atom is -0.494 e. The zero-order valence-corrected chi connectivity index (χ0v) is 11.1. The highest BCUT2D eigenvalue weighted by Gasteiger charge is 1.98. The first-order valence-electron chi connectivity index (χ1n) is 6.30. The molecule has 0 bridgehead atoms. The molecule has 0 radical (unpaired) electrons. The van der Waals surface area contributed by atoms with Crippen molar-refractivity contribution in [2.24, 2.45) is 5.73 Å². The summed E-state index contributed by atoms with van der Waals surface area (Å²) in [5.74, 6) is 0.939. The van der Waals surface area contributed by atoms with Crippen LogP contribution >= 0.6 is 0 Å². The Hall–Kier alpha value is -1.28. The monoisotopic (exact) mass is 233 g/mol. The Bertz CT molecular complexity index is 352. The fraction of sp³-hybridized carbons (Fsp3) is 0.467. The van der Waals surface area contributed by atoms with Gasteiger partial charge in [0.15, 0.2) is 0 Å². The first-order valence-corrected chi connectivity index (χ1v) is 6.30. The lowest BCUT2D eigenvalue weighted by Gasteiger charge is -2.07. The summed E-state index contributed by atoms with van der Waals surface area (Å²) >= 11 is 0. The van der Waals surface area contributed by atoms with Crippen LogP contribution in [0.15, 0.2) is 29.8 Å². The van der Waals surface area contributed by atoms with E-state index in [0.717, 1.165) is 25.2 Å². The van der Waals surface area contributed by atoms with Crippen molar-refractivity contribution in [3.05, 3.63) is 35.4 Å². The Morgan fingerprint density at radius 1 is 1.35 bits per heavy atom. The predicted molar refractivity (Wildman–Crippen MR) is 74.1 cm³/mol. The molecule has 2 N–H and O–H groups in total. The molecule has 0 aliphatic heterocycles. The number of nitrogens with two attached hydrogens (primary N) is 1. The zero-order chi connectivity index (χ0) is 12.7. The molecule has 2 heteroatoms. The number of hydrogen-bond donors (Lipinski definition) is 1. The molecule has 0 aliphatic carbocycles. The molecule has 0 heterocycles. The van der Waals surface area contributed by atoms with E-state index in [0.29, 0.717) is 0 Å². The third kappa shape index (κ3) is 5.05. The van der Waals surface area contributed by atoms with Crippen molar-refractivity contribution in [2.75, 3.05) is 6.61 Å². The third-order valence-electron chi connectivity index (χ3n) is 2.76. The normalized spacial score (nSPS) is 13.5. The molecule has 1 aromatic rings. The summed E-state index contributed by atoms with van der Waals surface area (Å²) in [7, 11) is 0. The summed E-state index contributed by atoms with van der Waals surface area (Å²) in [4.78, 5) is 0. The number of ether oxygens (including phenoxy) is 1. The van der Waals surface area contributed by atoms with Gasteiger partial charge >= 0.3 is 0 Å². The van der Waals surface area contributed by atoms with Crippen molar-refractivity contribution >= 4 is 6.08 Å². The largest absolute Gasteiger partial charge is 0.494 e. The van der Waals surface area contributed by atoms with Crippen molar-refractivity contribution in [3.8, 4) is 5.75 Å². The second-order valence-electron chi connectivity index (χ2n) is 4.45. The van der Waals surface area contributed by atoms with Crippen molar-refractivity contribution < 1.29 is 4.74 Å². The van der Waals surface area contributed by atoms with E-state index >= 15 is 0 Å². The molecule has 0 saturated carbocycles. The van der Waals surface area contributed by atoms with Gasteiger partial charge in [-0.15, -0.1) is 0 Å². The van der Waals surface area contributed by atoms with E-state index in [2.05, 4.69) is 32.1 Å². The van der Waals surface area contributed by atoms with E-state index in [-0.39, 0.29) is 6.04 Å². The number of benzene rings is 1. The number of rotatable bonds is 6. The summed E-state index contributed by atoms with van der Waals surface area (Å²) in [5, 5.41) is 0. The first-order chi connectivity index (χ1) is 8.13. The molecular formula is C15H23NO. The second kappa shape index (κ2) is 7.13. The molecule has 1 unspecified atom stereocenters. The molecule has 1 rings (SSSR count). The maximum atomic E-state index is 5.80. The fourth-order valence-corrected chi connectivity index (χ4v) is 1.39. The molecular weight excluding hydrogens is 210 g/mol. The molecule has 0 spiro atoms. The second-order valence-corrected chi connectivity index (χ2v) is 4.45. The smallest absolute Gasteiger partial charge is 0.119 e. The highest BCUT2D eigenvalue weighted by atomic mass is 16.5. The van der Waals surface area contributed by atoms with Gasteiger partial charge in [-0.25, -0.2) is 0 Å². The van der Waals surface area contributed by atoms with Gasteiger partial charge in [0.05, 0.1) is 6.61 Å². The van der Waals surface area contributed by atoms with Gasteiger partial charge < -0.3 is 10.5 Å². The first kappa shape index (κ1) is 13.8. The van der Waals surface area contributed by atoms with Gasteiger partial charge in [0.25, 0.3) is 0 Å². The van der Waals surface area contributed by atoms with Crippen LogP contribution in [0.2, 0.25) is 0 Å². The molecule has 0 fully saturated rings. The van der Waals surface area contributed by atoms with Crippen molar-refractivity contribution in [1.29, 1.82) is 0 Å². The molecule has 1 atom stereocenters. The Labute approximate surface area is 104 Å². The molecule has 0 aromatic heterocycles. The summed E-state index contributed by atoms with van der Waals surface area (Å²) in [5.41, 5.74) is 8.16.